The molecule has 1 aromatic rings. The summed E-state index contributed by atoms with van der Waals surface area (Å²) in [5.74, 6) is 0. The molecule has 58 valence electrons. The molecule has 0 spiro atoms. The monoisotopic (exact) mass is 168 g/mol. The molecule has 0 fully saturated rings. The second-order valence-electron chi connectivity index (χ2n) is 1.90. The van der Waals surface area contributed by atoms with Crippen molar-refractivity contribution in [1.29, 1.82) is 5.26 Å². The van der Waals surface area contributed by atoms with Gasteiger partial charge in [-0.05, 0) is 12.1 Å². The van der Waals surface area contributed by atoms with Crippen LogP contribution in [0.25, 0.3) is 0 Å². The van der Waals surface area contributed by atoms with Gasteiger partial charge in [0.25, 0.3) is 0 Å². The third kappa shape index (κ3) is 2.31. The summed E-state index contributed by atoms with van der Waals surface area (Å²) in [6.45, 7) is 0.656. The average molecular weight is 168 g/mol. The quantitative estimate of drug-likeness (QED) is 0.691. The summed E-state index contributed by atoms with van der Waals surface area (Å²) < 4.78 is 0. The van der Waals surface area contributed by atoms with Crippen molar-refractivity contribution in [1.82, 2.24) is 5.48 Å². The molecule has 0 aliphatic carbocycles. The zero-order valence-electron chi connectivity index (χ0n) is 6.13. The van der Waals surface area contributed by atoms with Crippen LogP contribution in [-0.4, -0.2) is 7.11 Å². The van der Waals surface area contributed by atoms with Crippen molar-refractivity contribution in [3.8, 4) is 6.07 Å². The van der Waals surface area contributed by atoms with Crippen LogP contribution in [0.5, 0.6) is 0 Å². The third-order valence-corrected chi connectivity index (χ3v) is 2.15. The van der Waals surface area contributed by atoms with Crippen LogP contribution in [0.4, 0.5) is 0 Å². The molecule has 0 aliphatic heterocycles. The fraction of sp³-hybridized carbons (Fsp3) is 0.286. The Balaban J connectivity index is 2.53. The van der Waals surface area contributed by atoms with Crippen molar-refractivity contribution in [3.63, 3.8) is 0 Å². The summed E-state index contributed by atoms with van der Waals surface area (Å²) in [5, 5.41) is 8.49. The number of hydrogen-bond acceptors (Lipinski definition) is 4. The highest BCUT2D eigenvalue weighted by molar-refractivity contribution is 7.12. The van der Waals surface area contributed by atoms with Gasteiger partial charge >= 0.3 is 0 Å². The number of hydroxylamine groups is 1. The van der Waals surface area contributed by atoms with E-state index in [1.54, 1.807) is 13.2 Å². The van der Waals surface area contributed by atoms with Crippen LogP contribution >= 0.6 is 11.3 Å². The molecule has 3 nitrogen and oxygen atoms in total. The van der Waals surface area contributed by atoms with E-state index in [0.29, 0.717) is 6.54 Å². The molecule has 0 radical (unpaired) electrons. The molecular weight excluding hydrogens is 160 g/mol. The minimum atomic E-state index is 0.656. The van der Waals surface area contributed by atoms with Crippen LogP contribution in [0.2, 0.25) is 0 Å². The second kappa shape index (κ2) is 4.09. The zero-order chi connectivity index (χ0) is 8.10. The fourth-order valence-corrected chi connectivity index (χ4v) is 1.41. The summed E-state index contributed by atoms with van der Waals surface area (Å²) in [4.78, 5) is 6.50. The Hall–Kier alpha value is -0.890. The first-order valence-electron chi connectivity index (χ1n) is 3.11. The highest BCUT2D eigenvalue weighted by atomic mass is 32.1. The van der Waals surface area contributed by atoms with Gasteiger partial charge in [-0.25, -0.2) is 0 Å². The van der Waals surface area contributed by atoms with Gasteiger partial charge in [-0.1, -0.05) is 0 Å². The summed E-state index contributed by atoms with van der Waals surface area (Å²) in [7, 11) is 1.57. The van der Waals surface area contributed by atoms with E-state index in [4.69, 9.17) is 5.26 Å². The van der Waals surface area contributed by atoms with Crippen molar-refractivity contribution in [3.05, 3.63) is 21.9 Å². The lowest BCUT2D eigenvalue weighted by Gasteiger charge is -1.95. The molecule has 0 bridgehead atoms. The normalized spacial score (nSPS) is 9.45. The van der Waals surface area contributed by atoms with Gasteiger partial charge in [0.1, 0.15) is 10.9 Å². The van der Waals surface area contributed by atoms with Gasteiger partial charge in [-0.15, -0.1) is 11.3 Å². The van der Waals surface area contributed by atoms with Crippen LogP contribution in [0.1, 0.15) is 9.75 Å². The highest BCUT2D eigenvalue weighted by Gasteiger charge is 1.96. The predicted octanol–water partition coefficient (Wildman–Crippen LogP) is 1.27. The van der Waals surface area contributed by atoms with Gasteiger partial charge in [0, 0.05) is 4.88 Å². The number of rotatable bonds is 3. The lowest BCUT2D eigenvalue weighted by Crippen LogP contribution is -2.09. The summed E-state index contributed by atoms with van der Waals surface area (Å²) >= 11 is 1.47. The standard InChI is InChI=1S/C7H8N2OS/c1-10-9-5-7-3-2-6(4-8)11-7/h2-3,9H,5H2,1H3. The summed E-state index contributed by atoms with van der Waals surface area (Å²) in [6, 6.07) is 5.79. The Kier molecular flexibility index (Phi) is 3.05. The minimum absolute atomic E-state index is 0.656. The molecule has 1 rings (SSSR count). The topological polar surface area (TPSA) is 45.0 Å². The zero-order valence-corrected chi connectivity index (χ0v) is 6.94. The van der Waals surface area contributed by atoms with E-state index in [9.17, 15) is 0 Å². The van der Waals surface area contributed by atoms with E-state index < -0.39 is 0 Å². The van der Waals surface area contributed by atoms with Crippen molar-refractivity contribution < 1.29 is 4.84 Å². The molecule has 4 heteroatoms. The van der Waals surface area contributed by atoms with Crippen molar-refractivity contribution in [2.75, 3.05) is 7.11 Å². The molecular formula is C7H8N2OS. The van der Waals surface area contributed by atoms with Crippen LogP contribution in [0.3, 0.4) is 0 Å². The van der Waals surface area contributed by atoms with Gasteiger partial charge in [-0.2, -0.15) is 10.7 Å². The SMILES string of the molecule is CONCc1ccc(C#N)s1. The maximum absolute atomic E-state index is 8.49. The van der Waals surface area contributed by atoms with E-state index >= 15 is 0 Å². The fourth-order valence-electron chi connectivity index (χ4n) is 0.676. The first-order chi connectivity index (χ1) is 5.36. The van der Waals surface area contributed by atoms with E-state index in [1.165, 1.54) is 11.3 Å². The van der Waals surface area contributed by atoms with E-state index in [0.717, 1.165) is 9.75 Å². The van der Waals surface area contributed by atoms with Crippen LogP contribution in [0, 0.1) is 11.3 Å². The number of nitrogens with one attached hydrogen (secondary N) is 1. The lowest BCUT2D eigenvalue weighted by atomic mass is 10.4. The molecule has 0 amide bonds. The molecule has 0 saturated heterocycles. The van der Waals surface area contributed by atoms with Crippen molar-refractivity contribution >= 4 is 11.3 Å². The lowest BCUT2D eigenvalue weighted by molar-refractivity contribution is 0.0874. The first kappa shape index (κ1) is 8.21. The summed E-state index contributed by atoms with van der Waals surface area (Å²) in [6.07, 6.45) is 0. The van der Waals surface area contributed by atoms with Gasteiger partial charge in [0.15, 0.2) is 0 Å². The van der Waals surface area contributed by atoms with Crippen LogP contribution in [0.15, 0.2) is 12.1 Å². The average Bonchev–Trinajstić information content (AvgIpc) is 2.48. The van der Waals surface area contributed by atoms with Gasteiger partial charge in [0.2, 0.25) is 0 Å². The van der Waals surface area contributed by atoms with E-state index in [-0.39, 0.29) is 0 Å². The molecule has 0 atom stereocenters. The Morgan fingerprint density at radius 1 is 1.73 bits per heavy atom. The highest BCUT2D eigenvalue weighted by Crippen LogP contribution is 2.14. The molecule has 0 aromatic carbocycles. The van der Waals surface area contributed by atoms with Crippen LogP contribution < -0.4 is 5.48 Å². The maximum atomic E-state index is 8.49. The molecule has 1 aromatic heterocycles. The van der Waals surface area contributed by atoms with Crippen molar-refractivity contribution in [2.45, 2.75) is 6.54 Å². The Morgan fingerprint density at radius 2 is 2.55 bits per heavy atom. The van der Waals surface area contributed by atoms with Gasteiger partial charge < -0.3 is 4.84 Å². The number of nitriles is 1. The molecule has 1 heterocycles. The molecule has 0 unspecified atom stereocenters. The molecule has 1 N–H and O–H groups in total. The van der Waals surface area contributed by atoms with E-state index in [2.05, 4.69) is 16.4 Å². The Labute approximate surface area is 69.2 Å². The minimum Gasteiger partial charge on any atom is -0.305 e. The smallest absolute Gasteiger partial charge is 0.110 e. The molecule has 0 aliphatic rings. The van der Waals surface area contributed by atoms with Crippen molar-refractivity contribution in [2.24, 2.45) is 0 Å². The maximum Gasteiger partial charge on any atom is 0.110 e. The Bertz CT molecular complexity index is 264. The van der Waals surface area contributed by atoms with Gasteiger partial charge in [-0.3, -0.25) is 0 Å². The largest absolute Gasteiger partial charge is 0.305 e. The molecule has 11 heavy (non-hydrogen) atoms. The second-order valence-corrected chi connectivity index (χ2v) is 3.07. The van der Waals surface area contributed by atoms with Gasteiger partial charge in [0.05, 0.1) is 13.7 Å². The summed E-state index contributed by atoms with van der Waals surface area (Å²) in [5.41, 5.74) is 2.70. The number of thiophene rings is 1. The predicted molar refractivity (Wildman–Crippen MR) is 42.9 cm³/mol. The Morgan fingerprint density at radius 3 is 3.09 bits per heavy atom. The number of hydrogen-bond donors (Lipinski definition) is 1. The third-order valence-electron chi connectivity index (χ3n) is 1.16. The number of nitrogens with zero attached hydrogens (tertiary/aromatic N) is 1. The van der Waals surface area contributed by atoms with Crippen LogP contribution in [-0.2, 0) is 11.4 Å². The first-order valence-corrected chi connectivity index (χ1v) is 3.93. The van der Waals surface area contributed by atoms with E-state index in [1.807, 2.05) is 6.07 Å². The molecule has 0 saturated carbocycles.